The van der Waals surface area contributed by atoms with Gasteiger partial charge in [-0.1, -0.05) is 47.5 Å². The lowest BCUT2D eigenvalue weighted by molar-refractivity contribution is -0.125. The fourth-order valence-corrected chi connectivity index (χ4v) is 1.52. The number of alkyl carbamates (subject to hydrolysis) is 1. The molecule has 0 radical (unpaired) electrons. The van der Waals surface area contributed by atoms with Gasteiger partial charge in [-0.25, -0.2) is 4.79 Å². The van der Waals surface area contributed by atoms with Gasteiger partial charge in [0.25, 0.3) is 0 Å². The van der Waals surface area contributed by atoms with E-state index in [4.69, 9.17) is 4.74 Å². The van der Waals surface area contributed by atoms with E-state index >= 15 is 0 Å². The van der Waals surface area contributed by atoms with E-state index in [9.17, 15) is 9.59 Å². The Hall–Kier alpha value is -1.06. The highest BCUT2D eigenvalue weighted by molar-refractivity contribution is 5.88. The summed E-state index contributed by atoms with van der Waals surface area (Å²) in [7, 11) is 0. The molecule has 0 aromatic heterocycles. The quantitative estimate of drug-likeness (QED) is 0.761. The van der Waals surface area contributed by atoms with Crippen molar-refractivity contribution in [2.45, 2.75) is 66.4 Å². The van der Waals surface area contributed by atoms with Crippen LogP contribution in [0.2, 0.25) is 0 Å². The second kappa shape index (κ2) is 8.11. The Kier molecular flexibility index (Phi) is 7.64. The first-order valence-corrected chi connectivity index (χ1v) is 6.79. The molecule has 0 aliphatic rings. The second-order valence-electron chi connectivity index (χ2n) is 5.63. The van der Waals surface area contributed by atoms with Crippen LogP contribution in [0.15, 0.2) is 0 Å². The van der Waals surface area contributed by atoms with Crippen LogP contribution in [0, 0.1) is 5.41 Å². The highest BCUT2D eigenvalue weighted by Gasteiger charge is 2.22. The summed E-state index contributed by atoms with van der Waals surface area (Å²) >= 11 is 0. The molecular formula is C14H27NO3. The van der Waals surface area contributed by atoms with Crippen molar-refractivity contribution in [2.75, 3.05) is 6.54 Å². The summed E-state index contributed by atoms with van der Waals surface area (Å²) in [5.41, 5.74) is -0.431. The van der Waals surface area contributed by atoms with Crippen molar-refractivity contribution in [1.82, 2.24) is 5.32 Å². The van der Waals surface area contributed by atoms with Crippen molar-refractivity contribution in [1.29, 1.82) is 0 Å². The molecule has 1 amide bonds. The van der Waals surface area contributed by atoms with Gasteiger partial charge < -0.3 is 10.1 Å². The Labute approximate surface area is 110 Å². The average molecular weight is 257 g/mol. The van der Waals surface area contributed by atoms with E-state index in [1.54, 1.807) is 0 Å². The lowest BCUT2D eigenvalue weighted by atomic mass is 9.91. The van der Waals surface area contributed by atoms with E-state index < -0.39 is 11.5 Å². The van der Waals surface area contributed by atoms with Crippen LogP contribution in [0.5, 0.6) is 0 Å². The van der Waals surface area contributed by atoms with Crippen LogP contribution in [-0.4, -0.2) is 24.5 Å². The first-order chi connectivity index (χ1) is 8.31. The summed E-state index contributed by atoms with van der Waals surface area (Å²) in [5.74, 6) is 0.00184. The first kappa shape index (κ1) is 16.9. The first-order valence-electron chi connectivity index (χ1n) is 6.79. The second-order valence-corrected chi connectivity index (χ2v) is 5.63. The standard InChI is InChI=1S/C14H27NO3/c1-6-8-11(9-7-2)18-13(17)15-10-12(16)14(3,4)5/h11H,6-10H2,1-5H3,(H,15,17). The predicted molar refractivity (Wildman–Crippen MR) is 72.5 cm³/mol. The molecule has 0 atom stereocenters. The van der Waals surface area contributed by atoms with E-state index in [1.807, 2.05) is 20.8 Å². The topological polar surface area (TPSA) is 55.4 Å². The van der Waals surface area contributed by atoms with Crippen molar-refractivity contribution in [2.24, 2.45) is 5.41 Å². The predicted octanol–water partition coefficient (Wildman–Crippen LogP) is 3.30. The molecule has 0 saturated carbocycles. The monoisotopic (exact) mass is 257 g/mol. The van der Waals surface area contributed by atoms with E-state index in [-0.39, 0.29) is 18.4 Å². The van der Waals surface area contributed by atoms with Crippen LogP contribution < -0.4 is 5.32 Å². The molecule has 0 spiro atoms. The van der Waals surface area contributed by atoms with E-state index in [2.05, 4.69) is 19.2 Å². The molecule has 4 nitrogen and oxygen atoms in total. The number of hydrogen-bond donors (Lipinski definition) is 1. The lowest BCUT2D eigenvalue weighted by Crippen LogP contribution is -2.37. The molecule has 0 saturated heterocycles. The maximum absolute atomic E-state index is 11.6. The van der Waals surface area contributed by atoms with Crippen molar-refractivity contribution in [3.8, 4) is 0 Å². The molecule has 1 N–H and O–H groups in total. The zero-order chi connectivity index (χ0) is 14.2. The van der Waals surface area contributed by atoms with Gasteiger partial charge in [-0.3, -0.25) is 4.79 Å². The number of carbonyl (C=O) groups is 2. The van der Waals surface area contributed by atoms with Gasteiger partial charge in [0.1, 0.15) is 6.10 Å². The number of hydrogen-bond acceptors (Lipinski definition) is 3. The van der Waals surface area contributed by atoms with Crippen LogP contribution in [0.25, 0.3) is 0 Å². The average Bonchev–Trinajstić information content (AvgIpc) is 2.25. The van der Waals surface area contributed by atoms with Crippen molar-refractivity contribution in [3.63, 3.8) is 0 Å². The Morgan fingerprint density at radius 3 is 2.00 bits per heavy atom. The summed E-state index contributed by atoms with van der Waals surface area (Å²) in [4.78, 5) is 23.2. The lowest BCUT2D eigenvalue weighted by Gasteiger charge is -2.19. The largest absolute Gasteiger partial charge is 0.446 e. The summed E-state index contributed by atoms with van der Waals surface area (Å²) in [6.07, 6.45) is 3.19. The molecule has 106 valence electrons. The van der Waals surface area contributed by atoms with E-state index in [1.165, 1.54) is 0 Å². The maximum atomic E-state index is 11.6. The molecule has 18 heavy (non-hydrogen) atoms. The highest BCUT2D eigenvalue weighted by atomic mass is 16.6. The minimum absolute atomic E-state index is 0.00184. The van der Waals surface area contributed by atoms with Crippen molar-refractivity contribution >= 4 is 11.9 Å². The zero-order valence-corrected chi connectivity index (χ0v) is 12.3. The molecule has 0 unspecified atom stereocenters. The van der Waals surface area contributed by atoms with Crippen molar-refractivity contribution < 1.29 is 14.3 Å². The number of carbonyl (C=O) groups excluding carboxylic acids is 2. The van der Waals surface area contributed by atoms with E-state index in [0.29, 0.717) is 0 Å². The Morgan fingerprint density at radius 2 is 1.61 bits per heavy atom. The summed E-state index contributed by atoms with van der Waals surface area (Å²) < 4.78 is 5.29. The maximum Gasteiger partial charge on any atom is 0.407 e. The van der Waals surface area contributed by atoms with Crippen molar-refractivity contribution in [3.05, 3.63) is 0 Å². The highest BCUT2D eigenvalue weighted by Crippen LogP contribution is 2.14. The SMILES string of the molecule is CCCC(CCC)OC(=O)NCC(=O)C(C)(C)C. The fourth-order valence-electron chi connectivity index (χ4n) is 1.52. The number of ketones is 1. The third-order valence-corrected chi connectivity index (χ3v) is 2.72. The van der Waals surface area contributed by atoms with Gasteiger partial charge in [-0.05, 0) is 12.8 Å². The van der Waals surface area contributed by atoms with Crippen LogP contribution >= 0.6 is 0 Å². The molecule has 0 fully saturated rings. The Balaban J connectivity index is 4.05. The van der Waals surface area contributed by atoms with Gasteiger partial charge in [0.15, 0.2) is 5.78 Å². The molecule has 0 aliphatic carbocycles. The van der Waals surface area contributed by atoms with Gasteiger partial charge in [-0.2, -0.15) is 0 Å². The van der Waals surface area contributed by atoms with Crippen LogP contribution in [0.4, 0.5) is 4.79 Å². The normalized spacial score (nSPS) is 11.4. The van der Waals surface area contributed by atoms with Gasteiger partial charge >= 0.3 is 6.09 Å². The minimum Gasteiger partial charge on any atom is -0.446 e. The number of rotatable bonds is 7. The van der Waals surface area contributed by atoms with Gasteiger partial charge in [0.05, 0.1) is 6.54 Å². The fraction of sp³-hybridized carbons (Fsp3) is 0.857. The Bertz CT molecular complexity index is 263. The van der Waals surface area contributed by atoms with Gasteiger partial charge in [0.2, 0.25) is 0 Å². The summed E-state index contributed by atoms with van der Waals surface area (Å²) in [6.45, 7) is 9.66. The smallest absolute Gasteiger partial charge is 0.407 e. The van der Waals surface area contributed by atoms with Crippen LogP contribution in [0.3, 0.4) is 0 Å². The molecule has 0 aromatic carbocycles. The molecule has 0 bridgehead atoms. The molecule has 0 aromatic rings. The third-order valence-electron chi connectivity index (χ3n) is 2.72. The minimum atomic E-state index is -0.487. The summed E-state index contributed by atoms with van der Waals surface area (Å²) in [5, 5.41) is 2.53. The molecular weight excluding hydrogens is 230 g/mol. The van der Waals surface area contributed by atoms with Gasteiger partial charge in [-0.15, -0.1) is 0 Å². The Morgan fingerprint density at radius 1 is 1.11 bits per heavy atom. The molecule has 0 heterocycles. The molecule has 0 aliphatic heterocycles. The zero-order valence-electron chi connectivity index (χ0n) is 12.3. The number of ether oxygens (including phenoxy) is 1. The van der Waals surface area contributed by atoms with Crippen LogP contribution in [0.1, 0.15) is 60.3 Å². The number of amides is 1. The van der Waals surface area contributed by atoms with E-state index in [0.717, 1.165) is 25.7 Å². The molecule has 0 rings (SSSR count). The number of Topliss-reactive ketones (excluding diaryl/α,β-unsaturated/α-hetero) is 1. The van der Waals surface area contributed by atoms with Crippen LogP contribution in [-0.2, 0) is 9.53 Å². The van der Waals surface area contributed by atoms with Gasteiger partial charge in [0, 0.05) is 5.41 Å². The number of nitrogens with one attached hydrogen (secondary N) is 1. The third kappa shape index (κ3) is 7.30. The summed E-state index contributed by atoms with van der Waals surface area (Å²) in [6, 6.07) is 0. The molecule has 4 heteroatoms.